The van der Waals surface area contributed by atoms with E-state index in [9.17, 15) is 17.6 Å². The summed E-state index contributed by atoms with van der Waals surface area (Å²) in [5.74, 6) is -1.69. The quantitative estimate of drug-likeness (QED) is 0.731. The second kappa shape index (κ2) is 6.86. The highest BCUT2D eigenvalue weighted by atomic mass is 32.2. The summed E-state index contributed by atoms with van der Waals surface area (Å²) < 4.78 is 39.8. The molecule has 0 aromatic heterocycles. The lowest BCUT2D eigenvalue weighted by Crippen LogP contribution is -2.39. The number of halogens is 1. The van der Waals surface area contributed by atoms with Crippen molar-refractivity contribution in [2.45, 2.75) is 31.6 Å². The molecule has 1 rings (SSSR count). The Morgan fingerprint density at radius 3 is 2.52 bits per heavy atom. The van der Waals surface area contributed by atoms with Crippen LogP contribution in [0.5, 0.6) is 0 Å². The Labute approximate surface area is 124 Å². The molecule has 8 heteroatoms. The molecule has 0 aliphatic carbocycles. The molecule has 0 radical (unpaired) electrons. The lowest BCUT2D eigenvalue weighted by atomic mass is 10.2. The summed E-state index contributed by atoms with van der Waals surface area (Å²) >= 11 is 0. The number of primary amides is 1. The van der Waals surface area contributed by atoms with E-state index >= 15 is 0 Å². The summed E-state index contributed by atoms with van der Waals surface area (Å²) in [6.45, 7) is 3.05. The zero-order valence-corrected chi connectivity index (χ0v) is 12.9. The zero-order valence-electron chi connectivity index (χ0n) is 12.1. The van der Waals surface area contributed by atoms with Crippen molar-refractivity contribution in [2.75, 3.05) is 18.8 Å². The van der Waals surface area contributed by atoms with Gasteiger partial charge in [-0.2, -0.15) is 4.31 Å². The number of sulfonamides is 1. The molecule has 0 saturated heterocycles. The number of benzene rings is 1. The Balaban J connectivity index is 3.27. The first-order valence-electron chi connectivity index (χ1n) is 6.54. The van der Waals surface area contributed by atoms with Gasteiger partial charge in [-0.25, -0.2) is 12.8 Å². The molecule has 4 N–H and O–H groups in total. The van der Waals surface area contributed by atoms with E-state index in [0.717, 1.165) is 22.9 Å². The molecular formula is C13H20FN3O3S. The van der Waals surface area contributed by atoms with Crippen LogP contribution in [0.15, 0.2) is 17.0 Å². The second-order valence-corrected chi connectivity index (χ2v) is 6.70. The zero-order chi connectivity index (χ0) is 16.2. The molecule has 0 atom stereocenters. The lowest BCUT2D eigenvalue weighted by Gasteiger charge is -2.21. The lowest BCUT2D eigenvalue weighted by molar-refractivity contribution is -0.118. The summed E-state index contributed by atoms with van der Waals surface area (Å²) in [5.41, 5.74) is 11.3. The van der Waals surface area contributed by atoms with Crippen LogP contribution in [0.1, 0.15) is 25.3 Å². The van der Waals surface area contributed by atoms with Gasteiger partial charge in [0.05, 0.1) is 6.54 Å². The number of aryl methyl sites for hydroxylation is 1. The number of carbonyl (C=O) groups excluding carboxylic acids is 1. The van der Waals surface area contributed by atoms with Gasteiger partial charge in [0.2, 0.25) is 15.9 Å². The van der Waals surface area contributed by atoms with Crippen molar-refractivity contribution in [3.8, 4) is 0 Å². The Morgan fingerprint density at radius 1 is 1.38 bits per heavy atom. The van der Waals surface area contributed by atoms with Crippen molar-refractivity contribution in [3.05, 3.63) is 23.5 Å². The minimum Gasteiger partial charge on any atom is -0.398 e. The molecule has 0 heterocycles. The number of hydrogen-bond donors (Lipinski definition) is 2. The highest BCUT2D eigenvalue weighted by Gasteiger charge is 2.28. The number of nitrogens with two attached hydrogens (primary N) is 2. The largest absolute Gasteiger partial charge is 0.398 e. The molecule has 0 bridgehead atoms. The Kier molecular flexibility index (Phi) is 5.68. The van der Waals surface area contributed by atoms with Gasteiger partial charge in [0, 0.05) is 12.2 Å². The van der Waals surface area contributed by atoms with E-state index in [4.69, 9.17) is 11.5 Å². The fourth-order valence-corrected chi connectivity index (χ4v) is 3.32. The molecule has 1 aromatic rings. The number of unbranched alkanes of at least 4 members (excludes halogenated alkanes) is 1. The Bertz CT molecular complexity index is 632. The van der Waals surface area contributed by atoms with Crippen molar-refractivity contribution in [3.63, 3.8) is 0 Å². The first-order chi connectivity index (χ1) is 9.70. The van der Waals surface area contributed by atoms with Crippen LogP contribution in [-0.2, 0) is 14.8 Å². The molecule has 1 amide bonds. The molecule has 0 fully saturated rings. The van der Waals surface area contributed by atoms with E-state index in [2.05, 4.69) is 0 Å². The summed E-state index contributed by atoms with van der Waals surface area (Å²) in [6.07, 6.45) is 1.26. The molecule has 118 valence electrons. The van der Waals surface area contributed by atoms with E-state index in [1.807, 2.05) is 6.92 Å². The molecule has 0 unspecified atom stereocenters. The summed E-state index contributed by atoms with van der Waals surface area (Å²) in [5, 5.41) is 0. The topological polar surface area (TPSA) is 106 Å². The van der Waals surface area contributed by atoms with Crippen molar-refractivity contribution < 1.29 is 17.6 Å². The number of hydrogen-bond acceptors (Lipinski definition) is 4. The molecule has 6 nitrogen and oxygen atoms in total. The maximum atomic E-state index is 14.0. The highest BCUT2D eigenvalue weighted by molar-refractivity contribution is 7.89. The minimum atomic E-state index is -4.16. The summed E-state index contributed by atoms with van der Waals surface area (Å²) in [4.78, 5) is 10.5. The SMILES string of the molecule is CCCCN(CC(N)=O)S(=O)(=O)c1cc(N)c(C)cc1F. The van der Waals surface area contributed by atoms with Gasteiger partial charge in [-0.3, -0.25) is 4.79 Å². The van der Waals surface area contributed by atoms with Crippen LogP contribution in [0.2, 0.25) is 0 Å². The fraction of sp³-hybridized carbons (Fsp3) is 0.462. The maximum absolute atomic E-state index is 14.0. The molecule has 21 heavy (non-hydrogen) atoms. The third-order valence-electron chi connectivity index (χ3n) is 3.03. The third-order valence-corrected chi connectivity index (χ3v) is 4.89. The van der Waals surface area contributed by atoms with Gasteiger partial charge >= 0.3 is 0 Å². The molecule has 0 aliphatic heterocycles. The smallest absolute Gasteiger partial charge is 0.246 e. The molecular weight excluding hydrogens is 297 g/mol. The molecule has 1 aromatic carbocycles. The Hall–Kier alpha value is -1.67. The van der Waals surface area contributed by atoms with Gasteiger partial charge < -0.3 is 11.5 Å². The van der Waals surface area contributed by atoms with Gasteiger partial charge in [0.25, 0.3) is 0 Å². The Morgan fingerprint density at radius 2 is 2.00 bits per heavy atom. The number of anilines is 1. The average molecular weight is 317 g/mol. The number of nitrogen functional groups attached to an aromatic ring is 1. The molecule has 0 aliphatic rings. The van der Waals surface area contributed by atoms with Crippen LogP contribution in [0.3, 0.4) is 0 Å². The van der Waals surface area contributed by atoms with Crippen LogP contribution in [0, 0.1) is 12.7 Å². The predicted molar refractivity (Wildman–Crippen MR) is 78.4 cm³/mol. The van der Waals surface area contributed by atoms with Gasteiger partial charge in [0.15, 0.2) is 0 Å². The minimum absolute atomic E-state index is 0.0923. The van der Waals surface area contributed by atoms with Crippen LogP contribution in [0.25, 0.3) is 0 Å². The monoisotopic (exact) mass is 317 g/mol. The van der Waals surface area contributed by atoms with Gasteiger partial charge in [-0.1, -0.05) is 13.3 Å². The molecule has 0 spiro atoms. The van der Waals surface area contributed by atoms with Crippen LogP contribution in [-0.4, -0.2) is 31.7 Å². The molecule has 0 saturated carbocycles. The van der Waals surface area contributed by atoms with Crippen molar-refractivity contribution in [2.24, 2.45) is 5.73 Å². The van der Waals surface area contributed by atoms with Gasteiger partial charge in [-0.05, 0) is 31.0 Å². The first kappa shape index (κ1) is 17.4. The highest BCUT2D eigenvalue weighted by Crippen LogP contribution is 2.24. The average Bonchev–Trinajstić information content (AvgIpc) is 2.38. The fourth-order valence-electron chi connectivity index (χ4n) is 1.80. The van der Waals surface area contributed by atoms with Crippen LogP contribution < -0.4 is 11.5 Å². The summed E-state index contributed by atoms with van der Waals surface area (Å²) in [7, 11) is -4.16. The number of nitrogens with zero attached hydrogens (tertiary/aromatic N) is 1. The van der Waals surface area contributed by atoms with Crippen molar-refractivity contribution >= 4 is 21.6 Å². The van der Waals surface area contributed by atoms with Crippen molar-refractivity contribution in [1.29, 1.82) is 0 Å². The van der Waals surface area contributed by atoms with Crippen LogP contribution in [0.4, 0.5) is 10.1 Å². The third kappa shape index (κ3) is 4.15. The van der Waals surface area contributed by atoms with E-state index < -0.39 is 33.2 Å². The predicted octanol–water partition coefficient (Wildman–Crippen LogP) is 0.992. The normalized spacial score (nSPS) is 11.8. The van der Waals surface area contributed by atoms with E-state index in [1.54, 1.807) is 6.92 Å². The second-order valence-electron chi connectivity index (χ2n) is 4.80. The van der Waals surface area contributed by atoms with Gasteiger partial charge in [0.1, 0.15) is 10.7 Å². The van der Waals surface area contributed by atoms with Gasteiger partial charge in [-0.15, -0.1) is 0 Å². The number of rotatable bonds is 7. The maximum Gasteiger partial charge on any atom is 0.246 e. The summed E-state index contributed by atoms with van der Waals surface area (Å²) in [6, 6.07) is 2.13. The number of carbonyl (C=O) groups is 1. The first-order valence-corrected chi connectivity index (χ1v) is 7.98. The number of amides is 1. The van der Waals surface area contributed by atoms with Crippen molar-refractivity contribution in [1.82, 2.24) is 4.31 Å². The van der Waals surface area contributed by atoms with E-state index in [0.29, 0.717) is 12.0 Å². The van der Waals surface area contributed by atoms with E-state index in [1.165, 1.54) is 0 Å². The van der Waals surface area contributed by atoms with E-state index in [-0.39, 0.29) is 12.2 Å². The standard InChI is InChI=1S/C13H20FN3O3S/c1-3-4-5-17(8-13(16)18)21(19,20)12-7-11(15)9(2)6-10(12)14/h6-7H,3-5,8,15H2,1-2H3,(H2,16,18). The van der Waals surface area contributed by atoms with Crippen LogP contribution >= 0.6 is 0 Å².